The molecule has 0 unspecified atom stereocenters. The molecule has 1 amide bonds. The van der Waals surface area contributed by atoms with Gasteiger partial charge in [0.1, 0.15) is 10.6 Å². The van der Waals surface area contributed by atoms with Crippen molar-refractivity contribution < 1.29 is 4.79 Å². The first-order chi connectivity index (χ1) is 16.6. The molecule has 7 nitrogen and oxygen atoms in total. The fraction of sp³-hybridized carbons (Fsp3) is 0.280. The standard InChI is InChI=1S/C25H25N5O2S2/c1-2-14-29-24(32)19-15-20(17-8-4-3-5-9-17)34-23(19)28-25(29)33-16-22(31)27-21-12-13-26-30(21)18-10-6-7-11-18/h2-5,8-9,12-13,15,18H,1,6-7,10-11,14,16H2,(H,27,31). The molecule has 1 aromatic carbocycles. The normalized spacial score (nSPS) is 14.0. The van der Waals surface area contributed by atoms with Crippen LogP contribution in [0.3, 0.4) is 0 Å². The molecular formula is C25H25N5O2S2. The smallest absolute Gasteiger partial charge is 0.263 e. The molecule has 1 aliphatic rings. The van der Waals surface area contributed by atoms with Crippen LogP contribution < -0.4 is 10.9 Å². The molecule has 3 heterocycles. The molecule has 174 valence electrons. The molecule has 3 aromatic heterocycles. The van der Waals surface area contributed by atoms with E-state index in [1.165, 1.54) is 35.9 Å². The van der Waals surface area contributed by atoms with Crippen molar-refractivity contribution in [1.82, 2.24) is 19.3 Å². The Hall–Kier alpha value is -3.17. The Kier molecular flexibility index (Phi) is 6.64. The highest BCUT2D eigenvalue weighted by Crippen LogP contribution is 2.33. The van der Waals surface area contributed by atoms with Crippen molar-refractivity contribution in [2.45, 2.75) is 43.4 Å². The lowest BCUT2D eigenvalue weighted by molar-refractivity contribution is -0.113. The molecule has 0 aliphatic heterocycles. The van der Waals surface area contributed by atoms with E-state index in [9.17, 15) is 9.59 Å². The first-order valence-electron chi connectivity index (χ1n) is 11.3. The molecule has 0 spiro atoms. The van der Waals surface area contributed by atoms with Gasteiger partial charge in [0.2, 0.25) is 5.91 Å². The maximum atomic E-state index is 13.2. The summed E-state index contributed by atoms with van der Waals surface area (Å²) in [5, 5.41) is 8.48. The Morgan fingerprint density at radius 2 is 2.03 bits per heavy atom. The fourth-order valence-corrected chi connectivity index (χ4v) is 6.19. The van der Waals surface area contributed by atoms with Gasteiger partial charge in [-0.25, -0.2) is 9.67 Å². The number of benzene rings is 1. The van der Waals surface area contributed by atoms with E-state index in [-0.39, 0.29) is 17.2 Å². The van der Waals surface area contributed by atoms with Crippen LogP contribution in [0.25, 0.3) is 20.7 Å². The summed E-state index contributed by atoms with van der Waals surface area (Å²) in [6.07, 6.45) is 7.95. The van der Waals surface area contributed by atoms with Crippen LogP contribution in [-0.2, 0) is 11.3 Å². The molecule has 5 rings (SSSR count). The zero-order chi connectivity index (χ0) is 23.5. The molecule has 34 heavy (non-hydrogen) atoms. The predicted molar refractivity (Wildman–Crippen MR) is 139 cm³/mol. The molecule has 0 atom stereocenters. The third-order valence-corrected chi connectivity index (χ3v) is 7.98. The van der Waals surface area contributed by atoms with Crippen LogP contribution in [0.15, 0.2) is 71.3 Å². The highest BCUT2D eigenvalue weighted by molar-refractivity contribution is 7.99. The Bertz CT molecular complexity index is 1380. The second-order valence-corrected chi connectivity index (χ2v) is 10.2. The number of amides is 1. The van der Waals surface area contributed by atoms with Gasteiger partial charge in [-0.1, -0.05) is 61.0 Å². The third-order valence-electron chi connectivity index (χ3n) is 5.93. The number of rotatable bonds is 8. The van der Waals surface area contributed by atoms with Gasteiger partial charge in [-0.2, -0.15) is 5.10 Å². The van der Waals surface area contributed by atoms with Gasteiger partial charge in [-0.3, -0.25) is 14.2 Å². The van der Waals surface area contributed by atoms with Gasteiger partial charge < -0.3 is 5.32 Å². The average molecular weight is 492 g/mol. The number of fused-ring (bicyclic) bond motifs is 1. The molecule has 4 aromatic rings. The fourth-order valence-electron chi connectivity index (χ4n) is 4.30. The minimum atomic E-state index is -0.152. The van der Waals surface area contributed by atoms with Crippen molar-refractivity contribution in [1.29, 1.82) is 0 Å². The summed E-state index contributed by atoms with van der Waals surface area (Å²) < 4.78 is 3.50. The molecule has 1 saturated carbocycles. The number of hydrogen-bond acceptors (Lipinski definition) is 6. The number of hydrogen-bond donors (Lipinski definition) is 1. The summed E-state index contributed by atoms with van der Waals surface area (Å²) >= 11 is 2.74. The van der Waals surface area contributed by atoms with Crippen molar-refractivity contribution >= 4 is 45.0 Å². The van der Waals surface area contributed by atoms with Gasteiger partial charge in [0.05, 0.1) is 23.4 Å². The third kappa shape index (κ3) is 4.58. The van der Waals surface area contributed by atoms with E-state index in [0.29, 0.717) is 28.0 Å². The van der Waals surface area contributed by atoms with Crippen molar-refractivity contribution in [3.05, 3.63) is 71.7 Å². The predicted octanol–water partition coefficient (Wildman–Crippen LogP) is 5.35. The molecule has 0 radical (unpaired) electrons. The summed E-state index contributed by atoms with van der Waals surface area (Å²) in [5.41, 5.74) is 0.929. The summed E-state index contributed by atoms with van der Waals surface area (Å²) in [7, 11) is 0. The Labute approximate surface area is 205 Å². The van der Waals surface area contributed by atoms with E-state index >= 15 is 0 Å². The lowest BCUT2D eigenvalue weighted by Crippen LogP contribution is -2.23. The summed E-state index contributed by atoms with van der Waals surface area (Å²) in [6.45, 7) is 4.11. The number of allylic oxidation sites excluding steroid dienone is 1. The molecule has 0 bridgehead atoms. The molecular weight excluding hydrogens is 466 g/mol. The van der Waals surface area contributed by atoms with Crippen molar-refractivity contribution in [3.63, 3.8) is 0 Å². The van der Waals surface area contributed by atoms with Gasteiger partial charge >= 0.3 is 0 Å². The molecule has 1 aliphatic carbocycles. The van der Waals surface area contributed by atoms with E-state index in [1.54, 1.807) is 16.8 Å². The van der Waals surface area contributed by atoms with Gasteiger partial charge in [0.25, 0.3) is 5.56 Å². The summed E-state index contributed by atoms with van der Waals surface area (Å²) in [4.78, 5) is 32.4. The topological polar surface area (TPSA) is 81.8 Å². The zero-order valence-corrected chi connectivity index (χ0v) is 20.3. The highest BCUT2D eigenvalue weighted by Gasteiger charge is 2.21. The minimum absolute atomic E-state index is 0.120. The van der Waals surface area contributed by atoms with Crippen LogP contribution in [-0.4, -0.2) is 31.0 Å². The Morgan fingerprint density at radius 3 is 2.79 bits per heavy atom. The van der Waals surface area contributed by atoms with Crippen LogP contribution in [0, 0.1) is 0 Å². The lowest BCUT2D eigenvalue weighted by atomic mass is 10.2. The SMILES string of the molecule is C=CCn1c(SCC(=O)Nc2ccnn2C2CCCC2)nc2sc(-c3ccccc3)cc2c1=O. The molecule has 9 heteroatoms. The maximum absolute atomic E-state index is 13.2. The van der Waals surface area contributed by atoms with Gasteiger partial charge in [0, 0.05) is 17.5 Å². The minimum Gasteiger partial charge on any atom is -0.310 e. The number of carbonyl (C=O) groups excluding carboxylic acids is 1. The van der Waals surface area contributed by atoms with Crippen LogP contribution in [0.1, 0.15) is 31.7 Å². The number of anilines is 1. The summed E-state index contributed by atoms with van der Waals surface area (Å²) in [5.74, 6) is 0.706. The first-order valence-corrected chi connectivity index (χ1v) is 13.1. The molecule has 1 fully saturated rings. The second kappa shape index (κ2) is 9.99. The average Bonchev–Trinajstić information content (AvgIpc) is 3.61. The van der Waals surface area contributed by atoms with Gasteiger partial charge in [0.15, 0.2) is 5.16 Å². The number of thioether (sulfide) groups is 1. The van der Waals surface area contributed by atoms with E-state index < -0.39 is 0 Å². The first kappa shape index (κ1) is 22.6. The monoisotopic (exact) mass is 491 g/mol. The number of carbonyl (C=O) groups is 1. The lowest BCUT2D eigenvalue weighted by Gasteiger charge is -2.15. The number of nitrogens with one attached hydrogen (secondary N) is 1. The van der Waals surface area contributed by atoms with Crippen molar-refractivity contribution in [2.24, 2.45) is 0 Å². The van der Waals surface area contributed by atoms with Crippen LogP contribution in [0.5, 0.6) is 0 Å². The summed E-state index contributed by atoms with van der Waals surface area (Å²) in [6, 6.07) is 14.0. The second-order valence-electron chi connectivity index (χ2n) is 8.23. The highest BCUT2D eigenvalue weighted by atomic mass is 32.2. The number of nitrogens with zero attached hydrogens (tertiary/aromatic N) is 4. The van der Waals surface area contributed by atoms with E-state index in [4.69, 9.17) is 4.98 Å². The van der Waals surface area contributed by atoms with Gasteiger partial charge in [-0.15, -0.1) is 17.9 Å². The molecule has 0 saturated heterocycles. The zero-order valence-electron chi connectivity index (χ0n) is 18.6. The maximum Gasteiger partial charge on any atom is 0.263 e. The van der Waals surface area contributed by atoms with Crippen LogP contribution >= 0.6 is 23.1 Å². The van der Waals surface area contributed by atoms with Crippen molar-refractivity contribution in [3.8, 4) is 10.4 Å². The van der Waals surface area contributed by atoms with E-state index in [1.807, 2.05) is 47.1 Å². The Morgan fingerprint density at radius 1 is 1.24 bits per heavy atom. The van der Waals surface area contributed by atoms with E-state index in [2.05, 4.69) is 17.0 Å². The van der Waals surface area contributed by atoms with Crippen LogP contribution in [0.4, 0.5) is 5.82 Å². The molecule has 1 N–H and O–H groups in total. The number of thiophene rings is 1. The number of aromatic nitrogens is 4. The quantitative estimate of drug-likeness (QED) is 0.204. The largest absolute Gasteiger partial charge is 0.310 e. The van der Waals surface area contributed by atoms with Crippen LogP contribution in [0.2, 0.25) is 0 Å². The Balaban J connectivity index is 1.37. The van der Waals surface area contributed by atoms with E-state index in [0.717, 1.165) is 29.1 Å². The van der Waals surface area contributed by atoms with Crippen molar-refractivity contribution in [2.75, 3.05) is 11.1 Å². The van der Waals surface area contributed by atoms with Gasteiger partial charge in [-0.05, 0) is 24.5 Å².